The Balaban J connectivity index is 1.96. The van der Waals surface area contributed by atoms with Gasteiger partial charge in [0.2, 0.25) is 0 Å². The average molecular weight is 402 g/mol. The van der Waals surface area contributed by atoms with Crippen molar-refractivity contribution in [1.29, 1.82) is 0 Å². The van der Waals surface area contributed by atoms with Crippen molar-refractivity contribution < 1.29 is 4.79 Å². The Morgan fingerprint density at radius 1 is 1.07 bits per heavy atom. The van der Waals surface area contributed by atoms with Crippen LogP contribution in [-0.2, 0) is 6.54 Å². The van der Waals surface area contributed by atoms with Gasteiger partial charge in [0, 0.05) is 38.8 Å². The van der Waals surface area contributed by atoms with E-state index in [2.05, 4.69) is 36.6 Å². The van der Waals surface area contributed by atoms with Crippen molar-refractivity contribution in [2.45, 2.75) is 51.6 Å². The van der Waals surface area contributed by atoms with Gasteiger partial charge in [0.15, 0.2) is 5.96 Å². The van der Waals surface area contributed by atoms with E-state index in [1.807, 2.05) is 24.3 Å². The fraction of sp³-hybridized carbons (Fsp3) is 0.652. The Morgan fingerprint density at radius 3 is 2.28 bits per heavy atom. The molecule has 0 heterocycles. The van der Waals surface area contributed by atoms with Crippen LogP contribution in [0.5, 0.6) is 0 Å². The van der Waals surface area contributed by atoms with Gasteiger partial charge >= 0.3 is 0 Å². The molecule has 1 atom stereocenters. The number of rotatable bonds is 8. The van der Waals surface area contributed by atoms with E-state index in [9.17, 15) is 4.79 Å². The number of guanidine groups is 1. The predicted molar refractivity (Wildman–Crippen MR) is 121 cm³/mol. The zero-order chi connectivity index (χ0) is 21.2. The molecule has 6 heteroatoms. The normalized spacial score (nSPS) is 16.6. The summed E-state index contributed by atoms with van der Waals surface area (Å²) in [6.45, 7) is 4.41. The van der Waals surface area contributed by atoms with Crippen molar-refractivity contribution in [3.63, 3.8) is 0 Å². The van der Waals surface area contributed by atoms with Crippen LogP contribution in [0.25, 0.3) is 0 Å². The minimum Gasteiger partial charge on any atom is -0.357 e. The van der Waals surface area contributed by atoms with Gasteiger partial charge in [0.25, 0.3) is 5.91 Å². The van der Waals surface area contributed by atoms with Gasteiger partial charge in [-0.05, 0) is 57.5 Å². The van der Waals surface area contributed by atoms with Crippen LogP contribution in [0.1, 0.15) is 54.9 Å². The summed E-state index contributed by atoms with van der Waals surface area (Å²) in [7, 11) is 7.90. The first-order chi connectivity index (χ1) is 13.9. The number of aliphatic imine (C=N–C) groups is 1. The Bertz CT molecular complexity index is 648. The van der Waals surface area contributed by atoms with Crippen molar-refractivity contribution in [3.05, 3.63) is 35.4 Å². The van der Waals surface area contributed by atoms with Crippen LogP contribution in [-0.4, -0.2) is 69.0 Å². The van der Waals surface area contributed by atoms with Gasteiger partial charge in [-0.1, -0.05) is 31.4 Å². The molecule has 0 bridgehead atoms. The standard InChI is InChI=1S/C23H39N5O/c1-6-24-23(26-17-21(27(2)3)19-10-8-7-9-11-19)25-16-18-12-14-20(15-13-18)22(29)28(4)5/h12-15,19,21H,6-11,16-17H2,1-5H3,(H2,24,25,26). The number of hydrogen-bond acceptors (Lipinski definition) is 3. The lowest BCUT2D eigenvalue weighted by molar-refractivity contribution is 0.0827. The highest BCUT2D eigenvalue weighted by molar-refractivity contribution is 5.93. The quantitative estimate of drug-likeness (QED) is 0.519. The molecule has 1 fully saturated rings. The van der Waals surface area contributed by atoms with Crippen molar-refractivity contribution in [2.75, 3.05) is 41.3 Å². The second-order valence-electron chi connectivity index (χ2n) is 8.40. The largest absolute Gasteiger partial charge is 0.357 e. The van der Waals surface area contributed by atoms with Crippen LogP contribution in [0.4, 0.5) is 0 Å². The molecule has 1 unspecified atom stereocenters. The molecule has 162 valence electrons. The molecule has 6 nitrogen and oxygen atoms in total. The van der Waals surface area contributed by atoms with Crippen LogP contribution < -0.4 is 10.6 Å². The van der Waals surface area contributed by atoms with E-state index in [4.69, 9.17) is 4.99 Å². The van der Waals surface area contributed by atoms with E-state index in [0.29, 0.717) is 18.2 Å². The Hall–Kier alpha value is -2.08. The van der Waals surface area contributed by atoms with E-state index in [1.165, 1.54) is 32.1 Å². The smallest absolute Gasteiger partial charge is 0.253 e. The first kappa shape index (κ1) is 23.2. The minimum absolute atomic E-state index is 0.0208. The van der Waals surface area contributed by atoms with Crippen LogP contribution in [0.3, 0.4) is 0 Å². The molecule has 1 aromatic rings. The number of carbonyl (C=O) groups is 1. The SMILES string of the molecule is CCNC(=NCc1ccc(C(=O)N(C)C)cc1)NCC(C1CCCCC1)N(C)C. The third kappa shape index (κ3) is 7.35. The molecule has 1 aliphatic carbocycles. The first-order valence-electron chi connectivity index (χ1n) is 10.9. The number of likely N-dealkylation sites (N-methyl/N-ethyl adjacent to an activating group) is 1. The maximum absolute atomic E-state index is 12.0. The highest BCUT2D eigenvalue weighted by Gasteiger charge is 2.25. The second-order valence-corrected chi connectivity index (χ2v) is 8.40. The molecule has 0 saturated heterocycles. The molecule has 0 aliphatic heterocycles. The van der Waals surface area contributed by atoms with Crippen LogP contribution in [0.2, 0.25) is 0 Å². The van der Waals surface area contributed by atoms with Gasteiger partial charge in [-0.15, -0.1) is 0 Å². The average Bonchev–Trinajstić information content (AvgIpc) is 2.72. The molecule has 1 amide bonds. The molecule has 2 N–H and O–H groups in total. The van der Waals surface area contributed by atoms with E-state index in [-0.39, 0.29) is 5.91 Å². The summed E-state index contributed by atoms with van der Waals surface area (Å²) in [5.74, 6) is 1.63. The van der Waals surface area contributed by atoms with Gasteiger partial charge in [-0.25, -0.2) is 4.99 Å². The molecule has 0 spiro atoms. The summed E-state index contributed by atoms with van der Waals surface area (Å²) in [6.07, 6.45) is 6.75. The highest BCUT2D eigenvalue weighted by Crippen LogP contribution is 2.28. The number of amides is 1. The van der Waals surface area contributed by atoms with Crippen molar-refractivity contribution in [3.8, 4) is 0 Å². The molecule has 1 aromatic carbocycles. The van der Waals surface area contributed by atoms with Crippen molar-refractivity contribution in [1.82, 2.24) is 20.4 Å². The number of nitrogens with zero attached hydrogens (tertiary/aromatic N) is 3. The Morgan fingerprint density at radius 2 is 1.72 bits per heavy atom. The Labute approximate surface area is 176 Å². The second kappa shape index (κ2) is 11.8. The summed E-state index contributed by atoms with van der Waals surface area (Å²) >= 11 is 0. The highest BCUT2D eigenvalue weighted by atomic mass is 16.2. The number of hydrogen-bond donors (Lipinski definition) is 2. The molecule has 2 rings (SSSR count). The van der Waals surface area contributed by atoms with Gasteiger partial charge in [0.05, 0.1) is 6.54 Å². The zero-order valence-corrected chi connectivity index (χ0v) is 18.9. The third-order valence-corrected chi connectivity index (χ3v) is 5.71. The lowest BCUT2D eigenvalue weighted by Crippen LogP contribution is -2.48. The zero-order valence-electron chi connectivity index (χ0n) is 18.9. The maximum Gasteiger partial charge on any atom is 0.253 e. The monoisotopic (exact) mass is 401 g/mol. The molecule has 1 saturated carbocycles. The Kier molecular flexibility index (Phi) is 9.45. The number of benzene rings is 1. The van der Waals surface area contributed by atoms with Gasteiger partial charge in [0.1, 0.15) is 0 Å². The van der Waals surface area contributed by atoms with Crippen LogP contribution >= 0.6 is 0 Å². The summed E-state index contributed by atoms with van der Waals surface area (Å²) < 4.78 is 0. The lowest BCUT2D eigenvalue weighted by atomic mass is 9.83. The van der Waals surface area contributed by atoms with E-state index in [0.717, 1.165) is 30.5 Å². The molecule has 1 aliphatic rings. The fourth-order valence-corrected chi connectivity index (χ4v) is 4.01. The molecule has 0 aromatic heterocycles. The van der Waals surface area contributed by atoms with E-state index >= 15 is 0 Å². The number of nitrogens with one attached hydrogen (secondary N) is 2. The third-order valence-electron chi connectivity index (χ3n) is 5.71. The first-order valence-corrected chi connectivity index (χ1v) is 10.9. The summed E-state index contributed by atoms with van der Waals surface area (Å²) in [5.41, 5.74) is 1.79. The topological polar surface area (TPSA) is 60.0 Å². The summed E-state index contributed by atoms with van der Waals surface area (Å²) in [6, 6.07) is 8.23. The van der Waals surface area contributed by atoms with Gasteiger partial charge < -0.3 is 20.4 Å². The van der Waals surface area contributed by atoms with Crippen molar-refractivity contribution in [2.24, 2.45) is 10.9 Å². The lowest BCUT2D eigenvalue weighted by Gasteiger charge is -2.35. The van der Waals surface area contributed by atoms with E-state index < -0.39 is 0 Å². The summed E-state index contributed by atoms with van der Waals surface area (Å²) in [5, 5.41) is 6.90. The summed E-state index contributed by atoms with van der Waals surface area (Å²) in [4.78, 5) is 20.7. The fourth-order valence-electron chi connectivity index (χ4n) is 4.01. The van der Waals surface area contributed by atoms with Crippen molar-refractivity contribution >= 4 is 11.9 Å². The van der Waals surface area contributed by atoms with E-state index in [1.54, 1.807) is 19.0 Å². The van der Waals surface area contributed by atoms with Gasteiger partial charge in [-0.2, -0.15) is 0 Å². The van der Waals surface area contributed by atoms with Crippen LogP contribution in [0, 0.1) is 5.92 Å². The number of carbonyl (C=O) groups excluding carboxylic acids is 1. The minimum atomic E-state index is 0.0208. The maximum atomic E-state index is 12.0. The molecular weight excluding hydrogens is 362 g/mol. The molecular formula is C23H39N5O. The van der Waals surface area contributed by atoms with Gasteiger partial charge in [-0.3, -0.25) is 4.79 Å². The molecule has 29 heavy (non-hydrogen) atoms. The van der Waals surface area contributed by atoms with Crippen LogP contribution in [0.15, 0.2) is 29.3 Å². The molecule has 0 radical (unpaired) electrons. The predicted octanol–water partition coefficient (Wildman–Crippen LogP) is 2.95.